The molecule has 0 aromatic rings. The molecule has 0 aliphatic rings. The van der Waals surface area contributed by atoms with Crippen LogP contribution in [0.3, 0.4) is 0 Å². The maximum atomic E-state index is 4.89. The zero-order valence-corrected chi connectivity index (χ0v) is 6.98. The quantitative estimate of drug-likeness (QED) is 0.490. The van der Waals surface area contributed by atoms with Crippen molar-refractivity contribution in [3.63, 3.8) is 0 Å². The zero-order valence-electron chi connectivity index (χ0n) is 4.43. The Hall–Kier alpha value is 1.08. The van der Waals surface area contributed by atoms with E-state index in [1.54, 1.807) is 7.11 Å². The molecule has 1 nitrogen and oxygen atoms in total. The van der Waals surface area contributed by atoms with Gasteiger partial charge in [-0.25, -0.2) is 0 Å². The fraction of sp³-hybridized carbons (Fsp3) is 1.00. The Bertz CT molecular complexity index is 24.8. The predicted octanol–water partition coefficient (Wildman–Crippen LogP) is 0.881. The van der Waals surface area contributed by atoms with Crippen molar-refractivity contribution in [2.24, 2.45) is 0 Å². The van der Waals surface area contributed by atoms with Crippen LogP contribution in [0, 0.1) is 0 Å². The van der Waals surface area contributed by atoms with Crippen LogP contribution in [0.15, 0.2) is 0 Å². The van der Waals surface area contributed by atoms with Gasteiger partial charge in [-0.1, -0.05) is 11.6 Å². The maximum absolute atomic E-state index is 4.89. The molecule has 0 fully saturated rings. The second kappa shape index (κ2) is 6.08. The molecule has 0 heterocycles. The molecule has 0 saturated carbocycles. The monoisotopic (exact) mass is 139 g/mol. The van der Waals surface area contributed by atoms with E-state index >= 15 is 0 Å². The van der Waals surface area contributed by atoms with Gasteiger partial charge in [0.25, 0.3) is 0 Å². The molecule has 0 saturated heterocycles. The molecule has 6 heavy (non-hydrogen) atoms. The third-order valence-corrected chi connectivity index (χ3v) is 1.41. The molecule has 0 aromatic heterocycles. The minimum absolute atomic E-state index is 0. The van der Waals surface area contributed by atoms with Gasteiger partial charge in [-0.2, -0.15) is 0 Å². The van der Waals surface area contributed by atoms with Crippen LogP contribution in [0.1, 0.15) is 0 Å². The van der Waals surface area contributed by atoms with Crippen molar-refractivity contribution < 1.29 is 22.3 Å². The summed E-state index contributed by atoms with van der Waals surface area (Å²) in [6.45, 7) is 0. The maximum Gasteiger partial charge on any atom is 0.453 e. The Kier molecular flexibility index (Phi) is 10.3. The van der Waals surface area contributed by atoms with Crippen LogP contribution in [0.5, 0.6) is 0 Å². The van der Waals surface area contributed by atoms with Gasteiger partial charge in [-0.3, -0.25) is 0 Å². The predicted molar refractivity (Wildman–Crippen MR) is 24.5 cm³/mol. The van der Waals surface area contributed by atoms with E-state index < -0.39 is 14.5 Å². The molecule has 35 valence electrons. The fourth-order valence-electron chi connectivity index (χ4n) is 0. The molecule has 0 N–H and O–H groups in total. The number of rotatable bonds is 1. The van der Waals surface area contributed by atoms with Crippen LogP contribution >= 0.6 is 0 Å². The van der Waals surface area contributed by atoms with Gasteiger partial charge in [-0.05, 0) is 0 Å². The van der Waals surface area contributed by atoms with E-state index in [4.69, 9.17) is 3.79 Å². The van der Waals surface area contributed by atoms with Crippen molar-refractivity contribution >= 4 is 14.5 Å². The van der Waals surface area contributed by atoms with Gasteiger partial charge in [0.15, 0.2) is 0 Å². The van der Waals surface area contributed by atoms with Crippen molar-refractivity contribution in [1.29, 1.82) is 0 Å². The minimum atomic E-state index is -0.650. The first-order valence-electron chi connectivity index (χ1n) is 1.80. The Labute approximate surface area is 55.7 Å². The molecular formula is C3H9AlOV. The number of hydrogen-bond acceptors (Lipinski definition) is 1. The molecule has 0 aliphatic carbocycles. The minimum Gasteiger partial charge on any atom is -0.503 e. The SMILES string of the molecule is C[O][Al]([CH3])[CH3].[V]. The van der Waals surface area contributed by atoms with E-state index in [1.807, 2.05) is 0 Å². The summed E-state index contributed by atoms with van der Waals surface area (Å²) in [4.78, 5) is 0. The Balaban J connectivity index is 0. The summed E-state index contributed by atoms with van der Waals surface area (Å²) in [5.41, 5.74) is 0. The van der Waals surface area contributed by atoms with Gasteiger partial charge in [0, 0.05) is 25.7 Å². The van der Waals surface area contributed by atoms with Crippen LogP contribution in [0.25, 0.3) is 0 Å². The Morgan fingerprint density at radius 1 is 1.33 bits per heavy atom. The third kappa shape index (κ3) is 8.91. The number of hydrogen-bond donors (Lipinski definition) is 0. The molecule has 0 amide bonds. The van der Waals surface area contributed by atoms with Crippen molar-refractivity contribution in [3.8, 4) is 0 Å². The van der Waals surface area contributed by atoms with Crippen molar-refractivity contribution in [2.75, 3.05) is 7.11 Å². The van der Waals surface area contributed by atoms with Crippen molar-refractivity contribution in [2.45, 2.75) is 11.6 Å². The van der Waals surface area contributed by atoms with Gasteiger partial charge in [-0.15, -0.1) is 0 Å². The van der Waals surface area contributed by atoms with Gasteiger partial charge < -0.3 is 3.79 Å². The summed E-state index contributed by atoms with van der Waals surface area (Å²) in [5, 5.41) is 0. The summed E-state index contributed by atoms with van der Waals surface area (Å²) in [7, 11) is 1.76. The third-order valence-electron chi connectivity index (χ3n) is 0.471. The smallest absolute Gasteiger partial charge is 0.453 e. The van der Waals surface area contributed by atoms with Crippen LogP contribution in [-0.4, -0.2) is 21.6 Å². The summed E-state index contributed by atoms with van der Waals surface area (Å²) < 4.78 is 4.89. The van der Waals surface area contributed by atoms with Crippen molar-refractivity contribution in [3.05, 3.63) is 0 Å². The largest absolute Gasteiger partial charge is 0.503 e. The molecule has 3 heteroatoms. The topological polar surface area (TPSA) is 9.23 Å². The molecule has 0 unspecified atom stereocenters. The van der Waals surface area contributed by atoms with Gasteiger partial charge in [0.2, 0.25) is 0 Å². The molecule has 0 rings (SSSR count). The van der Waals surface area contributed by atoms with Crippen LogP contribution < -0.4 is 0 Å². The molecule has 1 radical (unpaired) electrons. The van der Waals surface area contributed by atoms with Crippen LogP contribution in [0.2, 0.25) is 11.6 Å². The standard InChI is InChI=1S/CH3O.2CH3.Al.V/c1-2;;;;/h1H3;2*1H3;;/q-1;;;+1;. The summed E-state index contributed by atoms with van der Waals surface area (Å²) in [5.74, 6) is 4.28. The zero-order chi connectivity index (χ0) is 4.28. The summed E-state index contributed by atoms with van der Waals surface area (Å²) in [6, 6.07) is 0. The first-order valence-corrected chi connectivity index (χ1v) is 4.58. The van der Waals surface area contributed by atoms with Gasteiger partial charge >= 0.3 is 14.5 Å². The second-order valence-corrected chi connectivity index (χ2v) is 3.85. The molecule has 0 aromatic carbocycles. The van der Waals surface area contributed by atoms with Gasteiger partial charge in [0.1, 0.15) is 0 Å². The molecular weight excluding hydrogens is 130 g/mol. The van der Waals surface area contributed by atoms with E-state index in [0.717, 1.165) is 0 Å². The van der Waals surface area contributed by atoms with Crippen LogP contribution in [-0.2, 0) is 22.3 Å². The average Bonchev–Trinajstić information content (AvgIpc) is 1.38. The molecule has 0 atom stereocenters. The first kappa shape index (κ1) is 10.1. The average molecular weight is 139 g/mol. The Morgan fingerprint density at radius 2 is 1.50 bits per heavy atom. The second-order valence-electron chi connectivity index (χ2n) is 1.28. The van der Waals surface area contributed by atoms with E-state index in [1.165, 1.54) is 0 Å². The molecule has 0 bridgehead atoms. The first-order chi connectivity index (χ1) is 2.27. The molecule has 0 spiro atoms. The van der Waals surface area contributed by atoms with E-state index in [2.05, 4.69) is 11.6 Å². The van der Waals surface area contributed by atoms with Gasteiger partial charge in [0.05, 0.1) is 0 Å². The van der Waals surface area contributed by atoms with Crippen molar-refractivity contribution in [1.82, 2.24) is 0 Å². The Morgan fingerprint density at radius 3 is 1.50 bits per heavy atom. The summed E-state index contributed by atoms with van der Waals surface area (Å²) in [6.07, 6.45) is 0. The summed E-state index contributed by atoms with van der Waals surface area (Å²) >= 11 is -0.650. The van der Waals surface area contributed by atoms with Crippen LogP contribution in [0.4, 0.5) is 0 Å². The van der Waals surface area contributed by atoms with E-state index in [-0.39, 0.29) is 18.6 Å². The van der Waals surface area contributed by atoms with E-state index in [0.29, 0.717) is 0 Å². The normalized spacial score (nSPS) is 6.50. The fourth-order valence-corrected chi connectivity index (χ4v) is 0. The van der Waals surface area contributed by atoms with E-state index in [9.17, 15) is 0 Å². The molecule has 0 aliphatic heterocycles.